The molecule has 0 aliphatic rings. The maximum absolute atomic E-state index is 11.8. The van der Waals surface area contributed by atoms with Crippen molar-refractivity contribution in [2.45, 2.75) is 71.9 Å². The van der Waals surface area contributed by atoms with Crippen LogP contribution in [0.2, 0.25) is 0 Å². The number of hydrogen-bond acceptors (Lipinski definition) is 2. The van der Waals surface area contributed by atoms with Crippen LogP contribution in [-0.2, 0) is 6.54 Å². The Bertz CT molecular complexity index is 793. The van der Waals surface area contributed by atoms with Gasteiger partial charge in [0.15, 0.2) is 11.9 Å². The molecule has 0 saturated heterocycles. The van der Waals surface area contributed by atoms with Crippen LogP contribution in [0.15, 0.2) is 60.7 Å². The summed E-state index contributed by atoms with van der Waals surface area (Å²) in [4.78, 5) is 11.8. The second kappa shape index (κ2) is 23.2. The van der Waals surface area contributed by atoms with Gasteiger partial charge in [0.2, 0.25) is 0 Å². The Hall–Kier alpha value is -0.570. The van der Waals surface area contributed by atoms with Crippen LogP contribution in [0.1, 0.15) is 75.2 Å². The fourth-order valence-electron chi connectivity index (χ4n) is 4.42. The first-order chi connectivity index (χ1) is 16.7. The van der Waals surface area contributed by atoms with Crippen molar-refractivity contribution in [3.05, 3.63) is 71.8 Å². The topological polar surface area (TPSA) is 37.3 Å². The van der Waals surface area contributed by atoms with Gasteiger partial charge in [-0.2, -0.15) is 0 Å². The molecule has 0 heterocycles. The number of unbranched alkanes of at least 4 members (excludes halogenated alkanes) is 3. The van der Waals surface area contributed by atoms with E-state index in [1.807, 2.05) is 27.2 Å². The number of nitrogens with zero attached hydrogens (tertiary/aromatic N) is 2. The quantitative estimate of drug-likeness (QED) is 0.220. The molecule has 0 aliphatic carbocycles. The van der Waals surface area contributed by atoms with Crippen molar-refractivity contribution in [3.63, 3.8) is 0 Å². The number of rotatable bonds is 15. The lowest BCUT2D eigenvalue weighted by Gasteiger charge is -2.39. The lowest BCUT2D eigenvalue weighted by molar-refractivity contribution is -0.941. The molecule has 1 atom stereocenters. The first-order valence-corrected chi connectivity index (χ1v) is 13.6. The van der Waals surface area contributed by atoms with Crippen LogP contribution in [0, 0.1) is 0 Å². The van der Waals surface area contributed by atoms with Gasteiger partial charge in [0.1, 0.15) is 13.1 Å². The van der Waals surface area contributed by atoms with E-state index < -0.39 is 6.10 Å². The Morgan fingerprint density at radius 3 is 1.50 bits per heavy atom. The van der Waals surface area contributed by atoms with Crippen molar-refractivity contribution in [2.24, 2.45) is 0 Å². The zero-order valence-electron chi connectivity index (χ0n) is 24.5. The minimum Gasteiger partial charge on any atom is -1.00 e. The molecule has 1 unspecified atom stereocenters. The van der Waals surface area contributed by atoms with Crippen LogP contribution in [0.3, 0.4) is 0 Å². The first kappa shape index (κ1) is 41.9. The monoisotopic (exact) mass is 722 g/mol. The number of hydrogen-bond donors (Lipinski definition) is 1. The highest BCUT2D eigenvalue weighted by molar-refractivity contribution is 8.93. The van der Waals surface area contributed by atoms with E-state index in [0.29, 0.717) is 16.6 Å². The molecular formula is C31H53Br3N2O2. The summed E-state index contributed by atoms with van der Waals surface area (Å²) in [6.07, 6.45) is 7.10. The van der Waals surface area contributed by atoms with Crippen LogP contribution < -0.4 is 34.0 Å². The maximum atomic E-state index is 11.8. The van der Waals surface area contributed by atoms with E-state index in [2.05, 4.69) is 51.1 Å². The highest BCUT2D eigenvalue weighted by atomic mass is 79.9. The summed E-state index contributed by atoms with van der Waals surface area (Å²) in [7, 11) is 5.84. The van der Waals surface area contributed by atoms with Gasteiger partial charge in [-0.3, -0.25) is 4.79 Å². The number of Topliss-reactive ketones (excluding diaryl/α,β-unsaturated/α-hetero) is 1. The van der Waals surface area contributed by atoms with Crippen molar-refractivity contribution in [1.82, 2.24) is 0 Å². The molecule has 220 valence electrons. The molecule has 38 heavy (non-hydrogen) atoms. The molecule has 7 heteroatoms. The molecule has 0 radical (unpaired) electrons. The lowest BCUT2D eigenvalue weighted by Crippen LogP contribution is -3.00. The molecule has 2 aromatic carbocycles. The largest absolute Gasteiger partial charge is 1.00 e. The van der Waals surface area contributed by atoms with Crippen molar-refractivity contribution >= 4 is 22.8 Å². The van der Waals surface area contributed by atoms with Crippen LogP contribution in [-0.4, -0.2) is 73.3 Å². The second-order valence-corrected chi connectivity index (χ2v) is 10.9. The summed E-state index contributed by atoms with van der Waals surface area (Å²) in [5.41, 5.74) is 2.08. The van der Waals surface area contributed by atoms with Crippen LogP contribution in [0.4, 0.5) is 0 Å². The number of quaternary nitrogens is 2. The van der Waals surface area contributed by atoms with Gasteiger partial charge in [-0.25, -0.2) is 0 Å². The summed E-state index contributed by atoms with van der Waals surface area (Å²) in [5.74, 6) is -0.205. The molecule has 0 amide bonds. The van der Waals surface area contributed by atoms with Gasteiger partial charge in [0.25, 0.3) is 0 Å². The van der Waals surface area contributed by atoms with Crippen molar-refractivity contribution in [2.75, 3.05) is 47.3 Å². The van der Waals surface area contributed by atoms with E-state index in [1.165, 1.54) is 74.8 Å². The number of carbonyl (C=O) groups excluding carboxylic acids is 1. The predicted octanol–water partition coefficient (Wildman–Crippen LogP) is 0.926. The highest BCUT2D eigenvalue weighted by Crippen LogP contribution is 2.20. The zero-order valence-corrected chi connectivity index (χ0v) is 29.4. The van der Waals surface area contributed by atoms with Crippen molar-refractivity contribution in [3.8, 4) is 0 Å². The molecule has 2 aromatic rings. The average Bonchev–Trinajstić information content (AvgIpc) is 2.85. The Morgan fingerprint density at radius 2 is 1.13 bits per heavy atom. The SMILES string of the molecule is Br.CCCC[N+](CCCC)(CCCC)Cc1ccccc1.C[N+](C)(C)CC(O)C(=O)c1ccccc1.[Br-].[Br-]. The van der Waals surface area contributed by atoms with E-state index in [-0.39, 0.29) is 56.7 Å². The second-order valence-electron chi connectivity index (χ2n) is 10.9. The molecule has 0 bridgehead atoms. The van der Waals surface area contributed by atoms with E-state index in [1.54, 1.807) is 24.3 Å². The summed E-state index contributed by atoms with van der Waals surface area (Å²) in [6, 6.07) is 20.0. The van der Waals surface area contributed by atoms with Gasteiger partial charge in [0, 0.05) is 11.1 Å². The molecule has 1 N–H and O–H groups in total. The van der Waals surface area contributed by atoms with Gasteiger partial charge >= 0.3 is 0 Å². The minimum atomic E-state index is -0.924. The third kappa shape index (κ3) is 17.9. The number of ketones is 1. The molecule has 0 fully saturated rings. The minimum absolute atomic E-state index is 0. The maximum Gasteiger partial charge on any atom is 0.197 e. The van der Waals surface area contributed by atoms with E-state index in [9.17, 15) is 9.90 Å². The van der Waals surface area contributed by atoms with Gasteiger partial charge in [0.05, 0.1) is 40.8 Å². The van der Waals surface area contributed by atoms with Gasteiger partial charge < -0.3 is 48.0 Å². The van der Waals surface area contributed by atoms with E-state index in [4.69, 9.17) is 0 Å². The number of aliphatic hydroxyl groups excluding tert-OH is 1. The van der Waals surface area contributed by atoms with Crippen LogP contribution >= 0.6 is 17.0 Å². The fraction of sp³-hybridized carbons (Fsp3) is 0.581. The molecule has 0 aromatic heterocycles. The summed E-state index contributed by atoms with van der Waals surface area (Å²) in [6.45, 7) is 12.7. The molecular weight excluding hydrogens is 672 g/mol. The average molecular weight is 725 g/mol. The van der Waals surface area contributed by atoms with Crippen molar-refractivity contribution in [1.29, 1.82) is 0 Å². The lowest BCUT2D eigenvalue weighted by atomic mass is 10.1. The molecule has 2 rings (SSSR count). The predicted molar refractivity (Wildman–Crippen MR) is 160 cm³/mol. The molecule has 0 saturated carbocycles. The number of likely N-dealkylation sites (N-methyl/N-ethyl adjacent to an activating group) is 1. The Morgan fingerprint density at radius 1 is 0.737 bits per heavy atom. The summed E-state index contributed by atoms with van der Waals surface area (Å²) in [5, 5.41) is 9.74. The number of halogens is 3. The Balaban J connectivity index is -0.000000617. The molecule has 0 aliphatic heterocycles. The van der Waals surface area contributed by atoms with E-state index >= 15 is 0 Å². The zero-order chi connectivity index (χ0) is 26.2. The smallest absolute Gasteiger partial charge is 0.197 e. The van der Waals surface area contributed by atoms with Crippen LogP contribution in [0.5, 0.6) is 0 Å². The molecule has 4 nitrogen and oxygen atoms in total. The van der Waals surface area contributed by atoms with Gasteiger partial charge in [-0.1, -0.05) is 101 Å². The normalized spacial score (nSPS) is 11.6. The third-order valence-corrected chi connectivity index (χ3v) is 6.40. The summed E-state index contributed by atoms with van der Waals surface area (Å²) >= 11 is 0. The number of aliphatic hydroxyl groups is 1. The summed E-state index contributed by atoms with van der Waals surface area (Å²) < 4.78 is 1.87. The van der Waals surface area contributed by atoms with Crippen LogP contribution in [0.25, 0.3) is 0 Å². The molecule has 0 spiro atoms. The first-order valence-electron chi connectivity index (χ1n) is 13.6. The Labute approximate surface area is 265 Å². The van der Waals surface area contributed by atoms with Gasteiger partial charge in [-0.15, -0.1) is 17.0 Å². The van der Waals surface area contributed by atoms with Crippen molar-refractivity contribution < 1.29 is 52.8 Å². The third-order valence-electron chi connectivity index (χ3n) is 6.40. The standard InChI is InChI=1S/C19H34N.C12H18NO2.3BrH/c1-4-7-15-20(16-8-5-2,17-9-6-3)18-19-13-11-10-12-14-19;1-13(2,3)9-11(14)12(15)10-7-5-4-6-8-10;;;/h10-14H,4-9,15-18H2,1-3H3;4-8,11,14H,9H2,1-3H3;3*1H/q2*+1;;;/p-2. The number of carbonyl (C=O) groups is 1. The van der Waals surface area contributed by atoms with E-state index in [0.717, 1.165) is 0 Å². The number of benzene rings is 2. The van der Waals surface area contributed by atoms with Gasteiger partial charge in [-0.05, 0) is 19.3 Å². The Kier molecular flexibility index (Phi) is 25.5. The highest BCUT2D eigenvalue weighted by Gasteiger charge is 2.26. The fourth-order valence-corrected chi connectivity index (χ4v) is 4.42.